The first-order valence-electron chi connectivity index (χ1n) is 8.77. The first-order valence-corrected chi connectivity index (χ1v) is 8.77. The minimum atomic E-state index is -0.398. The standard InChI is InChI=1S/C18H23N3O3/c1-24-15-13(10-12-4-2-5-14(12)20-15)16(22)21-9-7-18(11-21)6-3-8-19-17(18)23/h10H,2-9,11H2,1H3,(H,19,23)/t18-/m0/s1. The van der Waals surface area contributed by atoms with Crippen molar-refractivity contribution in [3.63, 3.8) is 0 Å². The Morgan fingerprint density at radius 3 is 3.00 bits per heavy atom. The Morgan fingerprint density at radius 1 is 1.33 bits per heavy atom. The summed E-state index contributed by atoms with van der Waals surface area (Å²) in [5, 5.41) is 2.96. The highest BCUT2D eigenvalue weighted by Gasteiger charge is 2.47. The molecule has 1 aliphatic carbocycles. The zero-order valence-electron chi connectivity index (χ0n) is 14.1. The van der Waals surface area contributed by atoms with E-state index in [4.69, 9.17) is 4.74 Å². The fourth-order valence-electron chi connectivity index (χ4n) is 4.30. The molecular weight excluding hydrogens is 306 g/mol. The summed E-state index contributed by atoms with van der Waals surface area (Å²) in [6.45, 7) is 1.86. The summed E-state index contributed by atoms with van der Waals surface area (Å²) < 4.78 is 5.37. The number of hydrogen-bond donors (Lipinski definition) is 1. The third kappa shape index (κ3) is 2.36. The molecule has 2 amide bonds. The Kier molecular flexibility index (Phi) is 3.70. The monoisotopic (exact) mass is 329 g/mol. The summed E-state index contributed by atoms with van der Waals surface area (Å²) in [6.07, 6.45) is 5.59. The topological polar surface area (TPSA) is 71.5 Å². The normalized spacial score (nSPS) is 25.7. The minimum absolute atomic E-state index is 0.0655. The van der Waals surface area contributed by atoms with Gasteiger partial charge in [0, 0.05) is 25.3 Å². The highest BCUT2D eigenvalue weighted by molar-refractivity contribution is 5.97. The summed E-state index contributed by atoms with van der Waals surface area (Å²) in [5.41, 5.74) is 2.34. The Bertz CT molecular complexity index is 703. The number of pyridine rings is 1. The van der Waals surface area contributed by atoms with Crippen LogP contribution in [-0.2, 0) is 17.6 Å². The molecule has 128 valence electrons. The Morgan fingerprint density at radius 2 is 2.21 bits per heavy atom. The number of amides is 2. The number of aromatic nitrogens is 1. The molecule has 2 fully saturated rings. The van der Waals surface area contributed by atoms with E-state index in [1.165, 1.54) is 0 Å². The van der Waals surface area contributed by atoms with Gasteiger partial charge in [-0.05, 0) is 50.2 Å². The van der Waals surface area contributed by atoms with E-state index in [9.17, 15) is 9.59 Å². The van der Waals surface area contributed by atoms with Gasteiger partial charge in [-0.3, -0.25) is 9.59 Å². The van der Waals surface area contributed by atoms with Crippen molar-refractivity contribution in [2.75, 3.05) is 26.7 Å². The first kappa shape index (κ1) is 15.4. The van der Waals surface area contributed by atoms with E-state index >= 15 is 0 Å². The summed E-state index contributed by atoms with van der Waals surface area (Å²) in [5.74, 6) is 0.446. The molecule has 0 radical (unpaired) electrons. The van der Waals surface area contributed by atoms with Gasteiger partial charge in [-0.25, -0.2) is 4.98 Å². The summed E-state index contributed by atoms with van der Waals surface area (Å²) in [6, 6.07) is 1.95. The number of likely N-dealkylation sites (tertiary alicyclic amines) is 1. The maximum atomic E-state index is 13.0. The lowest BCUT2D eigenvalue weighted by atomic mass is 9.79. The zero-order chi connectivity index (χ0) is 16.7. The van der Waals surface area contributed by atoms with Gasteiger partial charge in [0.05, 0.1) is 12.5 Å². The van der Waals surface area contributed by atoms with E-state index in [2.05, 4.69) is 10.3 Å². The number of ether oxygens (including phenoxy) is 1. The van der Waals surface area contributed by atoms with Crippen LogP contribution in [0.1, 0.15) is 47.3 Å². The van der Waals surface area contributed by atoms with Crippen LogP contribution in [0.3, 0.4) is 0 Å². The molecule has 3 aliphatic rings. The molecule has 1 N–H and O–H groups in total. The van der Waals surface area contributed by atoms with Crippen molar-refractivity contribution >= 4 is 11.8 Å². The van der Waals surface area contributed by atoms with Gasteiger partial charge in [0.1, 0.15) is 5.56 Å². The largest absolute Gasteiger partial charge is 0.480 e. The molecule has 1 atom stereocenters. The summed E-state index contributed by atoms with van der Waals surface area (Å²) >= 11 is 0. The summed E-state index contributed by atoms with van der Waals surface area (Å²) in [4.78, 5) is 31.7. The average molecular weight is 329 g/mol. The number of nitrogens with one attached hydrogen (secondary N) is 1. The molecule has 2 aliphatic heterocycles. The van der Waals surface area contributed by atoms with E-state index in [0.29, 0.717) is 24.5 Å². The fraction of sp³-hybridized carbons (Fsp3) is 0.611. The predicted molar refractivity (Wildman–Crippen MR) is 88.0 cm³/mol. The Hall–Kier alpha value is -2.11. The molecule has 1 spiro atoms. The van der Waals surface area contributed by atoms with Gasteiger partial charge in [0.15, 0.2) is 0 Å². The molecule has 2 saturated heterocycles. The number of aryl methyl sites for hydroxylation is 2. The highest BCUT2D eigenvalue weighted by atomic mass is 16.5. The van der Waals surface area contributed by atoms with E-state index in [1.807, 2.05) is 6.07 Å². The Labute approximate surface area is 141 Å². The number of nitrogens with zero attached hydrogens (tertiary/aromatic N) is 2. The van der Waals surface area contributed by atoms with Gasteiger partial charge < -0.3 is 15.0 Å². The van der Waals surface area contributed by atoms with Crippen molar-refractivity contribution in [1.82, 2.24) is 15.2 Å². The van der Waals surface area contributed by atoms with Crippen molar-refractivity contribution in [1.29, 1.82) is 0 Å². The Balaban J connectivity index is 1.60. The van der Waals surface area contributed by atoms with Crippen molar-refractivity contribution in [2.24, 2.45) is 5.41 Å². The van der Waals surface area contributed by atoms with Gasteiger partial charge in [-0.1, -0.05) is 0 Å². The smallest absolute Gasteiger partial charge is 0.259 e. The van der Waals surface area contributed by atoms with Crippen LogP contribution in [0.5, 0.6) is 5.88 Å². The third-order valence-corrected chi connectivity index (χ3v) is 5.68. The lowest BCUT2D eigenvalue weighted by Gasteiger charge is -2.32. The molecule has 3 heterocycles. The van der Waals surface area contributed by atoms with Crippen molar-refractivity contribution in [3.05, 3.63) is 22.9 Å². The number of carbonyl (C=O) groups excluding carboxylic acids is 2. The lowest BCUT2D eigenvalue weighted by Crippen LogP contribution is -2.47. The van der Waals surface area contributed by atoms with Gasteiger partial charge >= 0.3 is 0 Å². The highest BCUT2D eigenvalue weighted by Crippen LogP contribution is 2.38. The maximum Gasteiger partial charge on any atom is 0.259 e. The summed E-state index contributed by atoms with van der Waals surface area (Å²) in [7, 11) is 1.56. The van der Waals surface area contributed by atoms with Gasteiger partial charge in [0.25, 0.3) is 5.91 Å². The molecule has 24 heavy (non-hydrogen) atoms. The van der Waals surface area contributed by atoms with Crippen molar-refractivity contribution in [3.8, 4) is 5.88 Å². The van der Waals surface area contributed by atoms with E-state index in [0.717, 1.165) is 56.3 Å². The van der Waals surface area contributed by atoms with Gasteiger partial charge in [-0.2, -0.15) is 0 Å². The number of carbonyl (C=O) groups is 2. The molecule has 1 aromatic rings. The van der Waals surface area contributed by atoms with E-state index < -0.39 is 5.41 Å². The predicted octanol–water partition coefficient (Wildman–Crippen LogP) is 1.32. The molecule has 0 unspecified atom stereocenters. The fourth-order valence-corrected chi connectivity index (χ4v) is 4.30. The molecular formula is C18H23N3O3. The van der Waals surface area contributed by atoms with E-state index in [1.54, 1.807) is 12.0 Å². The lowest BCUT2D eigenvalue weighted by molar-refractivity contribution is -0.132. The van der Waals surface area contributed by atoms with Crippen LogP contribution >= 0.6 is 0 Å². The minimum Gasteiger partial charge on any atom is -0.480 e. The second-order valence-corrected chi connectivity index (χ2v) is 7.12. The van der Waals surface area contributed by atoms with Crippen LogP contribution in [-0.4, -0.2) is 48.4 Å². The molecule has 4 rings (SSSR count). The van der Waals surface area contributed by atoms with Crippen LogP contribution in [0, 0.1) is 5.41 Å². The number of rotatable bonds is 2. The number of fused-ring (bicyclic) bond motifs is 1. The second kappa shape index (κ2) is 5.76. The molecule has 0 aromatic carbocycles. The SMILES string of the molecule is COc1nc2c(cc1C(=O)N1CC[C@@]3(CCCNC3=O)C1)CCC2. The van der Waals surface area contributed by atoms with Crippen molar-refractivity contribution < 1.29 is 14.3 Å². The van der Waals surface area contributed by atoms with Crippen LogP contribution in [0.25, 0.3) is 0 Å². The number of piperidine rings is 1. The van der Waals surface area contributed by atoms with Crippen LogP contribution in [0.4, 0.5) is 0 Å². The second-order valence-electron chi connectivity index (χ2n) is 7.12. The molecule has 6 heteroatoms. The zero-order valence-corrected chi connectivity index (χ0v) is 14.1. The molecule has 0 saturated carbocycles. The first-order chi connectivity index (χ1) is 11.6. The maximum absolute atomic E-state index is 13.0. The number of methoxy groups -OCH3 is 1. The average Bonchev–Trinajstić information content (AvgIpc) is 3.23. The molecule has 0 bridgehead atoms. The number of hydrogen-bond acceptors (Lipinski definition) is 4. The van der Waals surface area contributed by atoms with Gasteiger partial charge in [0.2, 0.25) is 11.8 Å². The van der Waals surface area contributed by atoms with Crippen LogP contribution in [0.2, 0.25) is 0 Å². The third-order valence-electron chi connectivity index (χ3n) is 5.68. The van der Waals surface area contributed by atoms with Crippen LogP contribution < -0.4 is 10.1 Å². The van der Waals surface area contributed by atoms with Gasteiger partial charge in [-0.15, -0.1) is 0 Å². The van der Waals surface area contributed by atoms with Crippen molar-refractivity contribution in [2.45, 2.75) is 38.5 Å². The van der Waals surface area contributed by atoms with E-state index in [-0.39, 0.29) is 11.8 Å². The molecule has 1 aromatic heterocycles. The van der Waals surface area contributed by atoms with Crippen LogP contribution in [0.15, 0.2) is 6.07 Å². The quantitative estimate of drug-likeness (QED) is 0.888. The molecule has 6 nitrogen and oxygen atoms in total.